The first-order valence-electron chi connectivity index (χ1n) is 8.27. The standard InChI is InChI=1S/C17H25N3O3/c18-17(21)12-23-15-5-1-13(2-6-15)9-19-10-16-11-20(7-8-22-16)14-3-4-14/h1-2,5-6,14,16,19H,3-4,7-12H2,(H2,18,21)/t16-/m0/s1. The van der Waals surface area contributed by atoms with Gasteiger partial charge in [-0.15, -0.1) is 0 Å². The highest BCUT2D eigenvalue weighted by Crippen LogP contribution is 2.28. The zero-order chi connectivity index (χ0) is 16.1. The molecule has 126 valence electrons. The molecular formula is C17H25N3O3. The van der Waals surface area contributed by atoms with E-state index in [1.54, 1.807) is 0 Å². The maximum absolute atomic E-state index is 10.7. The molecule has 1 aliphatic heterocycles. The van der Waals surface area contributed by atoms with E-state index in [2.05, 4.69) is 10.2 Å². The van der Waals surface area contributed by atoms with Gasteiger partial charge in [-0.1, -0.05) is 12.1 Å². The van der Waals surface area contributed by atoms with Gasteiger partial charge >= 0.3 is 0 Å². The first-order chi connectivity index (χ1) is 11.2. The van der Waals surface area contributed by atoms with E-state index in [9.17, 15) is 4.79 Å². The smallest absolute Gasteiger partial charge is 0.255 e. The van der Waals surface area contributed by atoms with E-state index in [0.717, 1.165) is 38.8 Å². The lowest BCUT2D eigenvalue weighted by Gasteiger charge is -2.33. The molecule has 23 heavy (non-hydrogen) atoms. The summed E-state index contributed by atoms with van der Waals surface area (Å²) >= 11 is 0. The Morgan fingerprint density at radius 1 is 1.35 bits per heavy atom. The van der Waals surface area contributed by atoms with Gasteiger partial charge in [-0.3, -0.25) is 9.69 Å². The van der Waals surface area contributed by atoms with Gasteiger partial charge in [0.25, 0.3) is 5.91 Å². The summed E-state index contributed by atoms with van der Waals surface area (Å²) in [6.07, 6.45) is 2.98. The average molecular weight is 319 g/mol. The summed E-state index contributed by atoms with van der Waals surface area (Å²) in [5.41, 5.74) is 6.22. The highest BCUT2D eigenvalue weighted by atomic mass is 16.5. The first kappa shape index (κ1) is 16.2. The van der Waals surface area contributed by atoms with Crippen molar-refractivity contribution >= 4 is 5.91 Å². The third kappa shape index (κ3) is 5.20. The molecule has 2 fully saturated rings. The fraction of sp³-hybridized carbons (Fsp3) is 0.588. The Hall–Kier alpha value is -1.63. The number of nitrogens with two attached hydrogens (primary N) is 1. The Morgan fingerprint density at radius 2 is 2.13 bits per heavy atom. The van der Waals surface area contributed by atoms with E-state index in [4.69, 9.17) is 15.2 Å². The van der Waals surface area contributed by atoms with Gasteiger partial charge in [-0.2, -0.15) is 0 Å². The summed E-state index contributed by atoms with van der Waals surface area (Å²) in [6, 6.07) is 8.50. The molecule has 1 saturated heterocycles. The molecule has 1 atom stereocenters. The summed E-state index contributed by atoms with van der Waals surface area (Å²) < 4.78 is 11.1. The zero-order valence-corrected chi connectivity index (χ0v) is 13.4. The molecule has 0 spiro atoms. The molecule has 1 heterocycles. The molecule has 1 saturated carbocycles. The molecule has 1 aliphatic carbocycles. The molecule has 3 rings (SSSR count). The predicted molar refractivity (Wildman–Crippen MR) is 87.2 cm³/mol. The van der Waals surface area contributed by atoms with Crippen LogP contribution in [0.15, 0.2) is 24.3 Å². The monoisotopic (exact) mass is 319 g/mol. The van der Waals surface area contributed by atoms with Crippen LogP contribution < -0.4 is 15.8 Å². The molecule has 0 aromatic heterocycles. The first-order valence-corrected chi connectivity index (χ1v) is 8.27. The zero-order valence-electron chi connectivity index (χ0n) is 13.4. The van der Waals surface area contributed by atoms with E-state index in [1.807, 2.05) is 24.3 Å². The molecule has 1 amide bonds. The summed E-state index contributed by atoms with van der Waals surface area (Å²) in [5.74, 6) is 0.187. The van der Waals surface area contributed by atoms with Crippen LogP contribution in [-0.2, 0) is 16.1 Å². The van der Waals surface area contributed by atoms with Crippen LogP contribution in [0.1, 0.15) is 18.4 Å². The van der Waals surface area contributed by atoms with Crippen LogP contribution >= 0.6 is 0 Å². The number of nitrogens with zero attached hydrogens (tertiary/aromatic N) is 1. The molecule has 0 radical (unpaired) electrons. The minimum Gasteiger partial charge on any atom is -0.484 e. The maximum Gasteiger partial charge on any atom is 0.255 e. The molecule has 2 aliphatic rings. The van der Waals surface area contributed by atoms with Crippen molar-refractivity contribution in [3.8, 4) is 5.75 Å². The van der Waals surface area contributed by atoms with Crippen LogP contribution in [0, 0.1) is 0 Å². The van der Waals surface area contributed by atoms with Gasteiger partial charge in [-0.05, 0) is 30.5 Å². The van der Waals surface area contributed by atoms with Crippen molar-refractivity contribution in [2.45, 2.75) is 31.5 Å². The summed E-state index contributed by atoms with van der Waals surface area (Å²) in [4.78, 5) is 13.2. The fourth-order valence-corrected chi connectivity index (χ4v) is 2.87. The van der Waals surface area contributed by atoms with E-state index in [-0.39, 0.29) is 12.7 Å². The van der Waals surface area contributed by atoms with Crippen LogP contribution in [0.3, 0.4) is 0 Å². The molecule has 1 aromatic carbocycles. The summed E-state index contributed by atoms with van der Waals surface area (Å²) in [5, 5.41) is 3.45. The summed E-state index contributed by atoms with van der Waals surface area (Å²) in [7, 11) is 0. The number of nitrogens with one attached hydrogen (secondary N) is 1. The molecular weight excluding hydrogens is 294 g/mol. The van der Waals surface area contributed by atoms with Crippen molar-refractivity contribution in [1.29, 1.82) is 0 Å². The quantitative estimate of drug-likeness (QED) is 0.730. The second-order valence-electron chi connectivity index (χ2n) is 6.25. The Labute approximate surface area is 136 Å². The molecule has 0 unspecified atom stereocenters. The van der Waals surface area contributed by atoms with Gasteiger partial charge in [0.2, 0.25) is 0 Å². The van der Waals surface area contributed by atoms with Gasteiger partial charge in [-0.25, -0.2) is 0 Å². The number of morpholine rings is 1. The van der Waals surface area contributed by atoms with Crippen LogP contribution in [0.2, 0.25) is 0 Å². The predicted octanol–water partition coefficient (Wildman–Crippen LogP) is 0.504. The third-order valence-corrected chi connectivity index (χ3v) is 4.24. The number of ether oxygens (including phenoxy) is 2. The molecule has 3 N–H and O–H groups in total. The van der Waals surface area contributed by atoms with Crippen molar-refractivity contribution in [2.75, 3.05) is 32.8 Å². The van der Waals surface area contributed by atoms with E-state index >= 15 is 0 Å². The molecule has 0 bridgehead atoms. The lowest BCUT2D eigenvalue weighted by Crippen LogP contribution is -2.47. The van der Waals surface area contributed by atoms with Crippen LogP contribution in [-0.4, -0.2) is 55.8 Å². The van der Waals surface area contributed by atoms with Crippen molar-refractivity contribution in [3.63, 3.8) is 0 Å². The number of rotatable bonds is 8. The number of amides is 1. The molecule has 6 nitrogen and oxygen atoms in total. The second-order valence-corrected chi connectivity index (χ2v) is 6.25. The van der Waals surface area contributed by atoms with Crippen molar-refractivity contribution < 1.29 is 14.3 Å². The Bertz CT molecular complexity index is 516. The summed E-state index contributed by atoms with van der Waals surface area (Å²) in [6.45, 7) is 4.52. The van der Waals surface area contributed by atoms with Gasteiger partial charge in [0, 0.05) is 32.2 Å². The average Bonchev–Trinajstić information content (AvgIpc) is 3.39. The molecule has 1 aromatic rings. The van der Waals surface area contributed by atoms with Crippen molar-refractivity contribution in [2.24, 2.45) is 5.73 Å². The van der Waals surface area contributed by atoms with Gasteiger partial charge in [0.1, 0.15) is 5.75 Å². The fourth-order valence-electron chi connectivity index (χ4n) is 2.87. The minimum atomic E-state index is -0.469. The van der Waals surface area contributed by atoms with Crippen LogP contribution in [0.25, 0.3) is 0 Å². The highest BCUT2D eigenvalue weighted by Gasteiger charge is 2.32. The normalized spacial score (nSPS) is 22.0. The Morgan fingerprint density at radius 3 is 2.83 bits per heavy atom. The second kappa shape index (κ2) is 7.77. The van der Waals surface area contributed by atoms with Gasteiger partial charge in [0.05, 0.1) is 12.7 Å². The van der Waals surface area contributed by atoms with Crippen molar-refractivity contribution in [3.05, 3.63) is 29.8 Å². The number of carbonyl (C=O) groups is 1. The number of hydrogen-bond acceptors (Lipinski definition) is 5. The highest BCUT2D eigenvalue weighted by molar-refractivity contribution is 5.75. The van der Waals surface area contributed by atoms with E-state index < -0.39 is 5.91 Å². The Balaban J connectivity index is 1.37. The Kier molecular flexibility index (Phi) is 5.48. The maximum atomic E-state index is 10.7. The van der Waals surface area contributed by atoms with Crippen LogP contribution in [0.5, 0.6) is 5.75 Å². The lowest BCUT2D eigenvalue weighted by molar-refractivity contribution is -0.119. The van der Waals surface area contributed by atoms with Crippen molar-refractivity contribution in [1.82, 2.24) is 10.2 Å². The number of hydrogen-bond donors (Lipinski definition) is 2. The number of primary amides is 1. The number of carbonyl (C=O) groups excluding carboxylic acids is 1. The number of benzene rings is 1. The third-order valence-electron chi connectivity index (χ3n) is 4.24. The van der Waals surface area contributed by atoms with Gasteiger partial charge < -0.3 is 20.5 Å². The molecule has 6 heteroatoms. The van der Waals surface area contributed by atoms with Gasteiger partial charge in [0.15, 0.2) is 6.61 Å². The SMILES string of the molecule is NC(=O)COc1ccc(CNC[C@H]2CN(C3CC3)CCO2)cc1. The largest absolute Gasteiger partial charge is 0.484 e. The van der Waals surface area contributed by atoms with E-state index in [1.165, 1.54) is 18.4 Å². The minimum absolute atomic E-state index is 0.0892. The topological polar surface area (TPSA) is 76.8 Å². The van der Waals surface area contributed by atoms with Crippen LogP contribution in [0.4, 0.5) is 0 Å². The lowest BCUT2D eigenvalue weighted by atomic mass is 10.2. The van der Waals surface area contributed by atoms with E-state index in [0.29, 0.717) is 5.75 Å².